The second-order valence-electron chi connectivity index (χ2n) is 3.32. The van der Waals surface area contributed by atoms with E-state index in [2.05, 4.69) is 15.9 Å². The number of rotatable bonds is 3. The standard InChI is InChI=1S/C10H12BrNO3/c11-7-4-10-9(14-5-15-10)3-6(7)8(13)1-2-12/h3-4,8,13H,1-2,5,12H2. The van der Waals surface area contributed by atoms with Gasteiger partial charge in [0.2, 0.25) is 6.79 Å². The Morgan fingerprint density at radius 1 is 1.40 bits per heavy atom. The molecule has 2 rings (SSSR count). The average molecular weight is 274 g/mol. The minimum Gasteiger partial charge on any atom is -0.454 e. The van der Waals surface area contributed by atoms with Crippen molar-refractivity contribution in [3.63, 3.8) is 0 Å². The predicted molar refractivity (Wildman–Crippen MR) is 58.9 cm³/mol. The second kappa shape index (κ2) is 4.38. The molecule has 82 valence electrons. The van der Waals surface area contributed by atoms with Crippen LogP contribution in [0.2, 0.25) is 0 Å². The van der Waals surface area contributed by atoms with E-state index in [1.807, 2.05) is 0 Å². The molecule has 1 aromatic carbocycles. The molecule has 15 heavy (non-hydrogen) atoms. The fraction of sp³-hybridized carbons (Fsp3) is 0.400. The molecule has 1 aliphatic rings. The second-order valence-corrected chi connectivity index (χ2v) is 4.17. The van der Waals surface area contributed by atoms with Gasteiger partial charge in [0.05, 0.1) is 6.10 Å². The van der Waals surface area contributed by atoms with Crippen molar-refractivity contribution < 1.29 is 14.6 Å². The number of fused-ring (bicyclic) bond motifs is 1. The molecule has 1 atom stereocenters. The first-order chi connectivity index (χ1) is 7.22. The van der Waals surface area contributed by atoms with Crippen molar-refractivity contribution in [2.75, 3.05) is 13.3 Å². The van der Waals surface area contributed by atoms with Crippen molar-refractivity contribution >= 4 is 15.9 Å². The van der Waals surface area contributed by atoms with Crippen LogP contribution in [0.15, 0.2) is 16.6 Å². The van der Waals surface area contributed by atoms with Crippen molar-refractivity contribution in [2.24, 2.45) is 5.73 Å². The summed E-state index contributed by atoms with van der Waals surface area (Å²) in [6, 6.07) is 3.59. The molecule has 0 radical (unpaired) electrons. The Labute approximate surface area is 96.1 Å². The first kappa shape index (κ1) is 10.7. The van der Waals surface area contributed by atoms with E-state index < -0.39 is 6.10 Å². The van der Waals surface area contributed by atoms with Crippen LogP contribution in [-0.4, -0.2) is 18.4 Å². The first-order valence-corrected chi connectivity index (χ1v) is 5.49. The van der Waals surface area contributed by atoms with Crippen molar-refractivity contribution in [2.45, 2.75) is 12.5 Å². The molecular weight excluding hydrogens is 262 g/mol. The molecule has 1 aromatic rings. The number of aliphatic hydroxyl groups excluding tert-OH is 1. The monoisotopic (exact) mass is 273 g/mol. The maximum atomic E-state index is 9.83. The van der Waals surface area contributed by atoms with Crippen molar-refractivity contribution in [3.05, 3.63) is 22.2 Å². The van der Waals surface area contributed by atoms with Gasteiger partial charge in [0.25, 0.3) is 0 Å². The third-order valence-electron chi connectivity index (χ3n) is 2.29. The van der Waals surface area contributed by atoms with Gasteiger partial charge in [0, 0.05) is 4.47 Å². The van der Waals surface area contributed by atoms with E-state index in [0.29, 0.717) is 24.5 Å². The number of halogens is 1. The Morgan fingerprint density at radius 3 is 2.73 bits per heavy atom. The average Bonchev–Trinajstić information content (AvgIpc) is 2.63. The maximum absolute atomic E-state index is 9.83. The molecule has 1 heterocycles. The summed E-state index contributed by atoms with van der Waals surface area (Å²) in [5, 5.41) is 9.83. The topological polar surface area (TPSA) is 64.7 Å². The molecule has 0 amide bonds. The van der Waals surface area contributed by atoms with E-state index >= 15 is 0 Å². The van der Waals surface area contributed by atoms with Crippen LogP contribution in [0.25, 0.3) is 0 Å². The molecule has 0 saturated carbocycles. The van der Waals surface area contributed by atoms with Gasteiger partial charge in [0.15, 0.2) is 11.5 Å². The highest BCUT2D eigenvalue weighted by molar-refractivity contribution is 9.10. The summed E-state index contributed by atoms with van der Waals surface area (Å²) in [7, 11) is 0. The summed E-state index contributed by atoms with van der Waals surface area (Å²) in [6.45, 7) is 0.681. The van der Waals surface area contributed by atoms with Crippen LogP contribution < -0.4 is 15.2 Å². The zero-order valence-corrected chi connectivity index (χ0v) is 9.66. The first-order valence-electron chi connectivity index (χ1n) is 4.69. The lowest BCUT2D eigenvalue weighted by atomic mass is 10.1. The normalized spacial score (nSPS) is 15.4. The zero-order valence-electron chi connectivity index (χ0n) is 8.07. The lowest BCUT2D eigenvalue weighted by Crippen LogP contribution is -2.07. The van der Waals surface area contributed by atoms with Gasteiger partial charge in [0.1, 0.15) is 0 Å². The van der Waals surface area contributed by atoms with E-state index in [1.165, 1.54) is 0 Å². The van der Waals surface area contributed by atoms with Crippen molar-refractivity contribution in [3.8, 4) is 11.5 Å². The smallest absolute Gasteiger partial charge is 0.231 e. The van der Waals surface area contributed by atoms with Crippen LogP contribution in [0.4, 0.5) is 0 Å². The van der Waals surface area contributed by atoms with Gasteiger partial charge in [-0.3, -0.25) is 0 Å². The summed E-state index contributed by atoms with van der Waals surface area (Å²) in [4.78, 5) is 0. The van der Waals surface area contributed by atoms with Gasteiger partial charge in [-0.25, -0.2) is 0 Å². The molecule has 0 aliphatic carbocycles. The predicted octanol–water partition coefficient (Wildman–Crippen LogP) is 1.56. The van der Waals surface area contributed by atoms with Gasteiger partial charge >= 0.3 is 0 Å². The van der Waals surface area contributed by atoms with E-state index in [-0.39, 0.29) is 6.79 Å². The lowest BCUT2D eigenvalue weighted by molar-refractivity contribution is 0.167. The number of nitrogens with two attached hydrogens (primary N) is 1. The highest BCUT2D eigenvalue weighted by Crippen LogP contribution is 2.39. The van der Waals surface area contributed by atoms with Crippen molar-refractivity contribution in [1.29, 1.82) is 0 Å². The fourth-order valence-corrected chi connectivity index (χ4v) is 2.09. The number of aliphatic hydroxyl groups is 1. The minimum atomic E-state index is -0.570. The minimum absolute atomic E-state index is 0.234. The third kappa shape index (κ3) is 2.09. The molecule has 3 N–H and O–H groups in total. The van der Waals surface area contributed by atoms with Crippen molar-refractivity contribution in [1.82, 2.24) is 0 Å². The summed E-state index contributed by atoms with van der Waals surface area (Å²) < 4.78 is 11.3. The van der Waals surface area contributed by atoms with E-state index in [0.717, 1.165) is 10.0 Å². The van der Waals surface area contributed by atoms with Crippen LogP contribution in [0.3, 0.4) is 0 Å². The molecule has 0 spiro atoms. The Bertz CT molecular complexity index is 370. The molecule has 1 unspecified atom stereocenters. The SMILES string of the molecule is NCCC(O)c1cc2c(cc1Br)OCO2. The molecular formula is C10H12BrNO3. The van der Waals surface area contributed by atoms with Crippen LogP contribution in [-0.2, 0) is 0 Å². The zero-order chi connectivity index (χ0) is 10.8. The summed E-state index contributed by atoms with van der Waals surface area (Å²) in [5.41, 5.74) is 6.18. The van der Waals surface area contributed by atoms with Gasteiger partial charge < -0.3 is 20.3 Å². The molecule has 4 nitrogen and oxygen atoms in total. The number of benzene rings is 1. The summed E-state index contributed by atoms with van der Waals surface area (Å²) >= 11 is 3.38. The van der Waals surface area contributed by atoms with E-state index in [1.54, 1.807) is 12.1 Å². The van der Waals surface area contributed by atoms with Gasteiger partial charge in [-0.1, -0.05) is 15.9 Å². The molecule has 0 aromatic heterocycles. The fourth-order valence-electron chi connectivity index (χ4n) is 1.50. The van der Waals surface area contributed by atoms with E-state index in [4.69, 9.17) is 15.2 Å². The van der Waals surface area contributed by atoms with Gasteiger partial charge in [-0.15, -0.1) is 0 Å². The Morgan fingerprint density at radius 2 is 2.07 bits per heavy atom. The molecule has 0 saturated heterocycles. The van der Waals surface area contributed by atoms with Gasteiger partial charge in [-0.05, 0) is 30.7 Å². The lowest BCUT2D eigenvalue weighted by Gasteiger charge is -2.12. The van der Waals surface area contributed by atoms with Crippen LogP contribution >= 0.6 is 15.9 Å². The third-order valence-corrected chi connectivity index (χ3v) is 2.98. The summed E-state index contributed by atoms with van der Waals surface area (Å²) in [5.74, 6) is 1.37. The van der Waals surface area contributed by atoms with Crippen LogP contribution in [0, 0.1) is 0 Å². The number of ether oxygens (including phenoxy) is 2. The number of hydrogen-bond acceptors (Lipinski definition) is 4. The molecule has 1 aliphatic heterocycles. The Hall–Kier alpha value is -0.780. The molecule has 0 fully saturated rings. The largest absolute Gasteiger partial charge is 0.454 e. The Kier molecular flexibility index (Phi) is 3.14. The maximum Gasteiger partial charge on any atom is 0.231 e. The van der Waals surface area contributed by atoms with E-state index in [9.17, 15) is 5.11 Å². The highest BCUT2D eigenvalue weighted by Gasteiger charge is 2.19. The van der Waals surface area contributed by atoms with Gasteiger partial charge in [-0.2, -0.15) is 0 Å². The quantitative estimate of drug-likeness (QED) is 0.878. The number of hydrogen-bond donors (Lipinski definition) is 2. The van der Waals surface area contributed by atoms with Crippen LogP contribution in [0.1, 0.15) is 18.1 Å². The Balaban J connectivity index is 2.31. The van der Waals surface area contributed by atoms with Crippen LogP contribution in [0.5, 0.6) is 11.5 Å². The summed E-state index contributed by atoms with van der Waals surface area (Å²) in [6.07, 6.45) is -0.0445. The molecule has 5 heteroatoms. The highest BCUT2D eigenvalue weighted by atomic mass is 79.9. The molecule has 0 bridgehead atoms.